The second-order valence-corrected chi connectivity index (χ2v) is 5.77. The molecule has 2 aromatic rings. The van der Waals surface area contributed by atoms with E-state index in [1.54, 1.807) is 36.5 Å². The first-order valence-electron chi connectivity index (χ1n) is 7.41. The summed E-state index contributed by atoms with van der Waals surface area (Å²) in [5.74, 6) is 0.632. The smallest absolute Gasteiger partial charge is 0.259 e. The molecule has 0 saturated heterocycles. The fourth-order valence-electron chi connectivity index (χ4n) is 2.32. The van der Waals surface area contributed by atoms with E-state index in [1.807, 2.05) is 13.8 Å². The molecule has 1 aromatic heterocycles. The zero-order chi connectivity index (χ0) is 16.4. The highest BCUT2D eigenvalue weighted by atomic mass is 16.5. The lowest BCUT2D eigenvalue weighted by atomic mass is 10.1. The molecule has 6 nitrogen and oxygen atoms in total. The number of hydrogen-bond acceptors (Lipinski definition) is 4. The second-order valence-electron chi connectivity index (χ2n) is 5.77. The summed E-state index contributed by atoms with van der Waals surface area (Å²) in [6.07, 6.45) is 2.02. The van der Waals surface area contributed by atoms with E-state index in [4.69, 9.17) is 4.74 Å². The van der Waals surface area contributed by atoms with Crippen molar-refractivity contribution in [3.8, 4) is 11.6 Å². The van der Waals surface area contributed by atoms with E-state index in [9.17, 15) is 9.59 Å². The summed E-state index contributed by atoms with van der Waals surface area (Å²) < 4.78 is 5.69. The van der Waals surface area contributed by atoms with E-state index in [1.165, 1.54) is 0 Å². The SMILES string of the molecule is CC(C)CC(=O)Nc1ccc2c(c1)C(=O)Nc1cccnc1O2. The number of pyridine rings is 1. The minimum Gasteiger partial charge on any atom is -0.436 e. The maximum Gasteiger partial charge on any atom is 0.259 e. The first-order valence-corrected chi connectivity index (χ1v) is 7.41. The number of rotatable bonds is 3. The fraction of sp³-hybridized carbons (Fsp3) is 0.235. The Morgan fingerprint density at radius 1 is 1.35 bits per heavy atom. The third-order valence-electron chi connectivity index (χ3n) is 3.33. The zero-order valence-electron chi connectivity index (χ0n) is 12.9. The number of anilines is 2. The first-order chi connectivity index (χ1) is 11.0. The maximum atomic E-state index is 12.4. The maximum absolute atomic E-state index is 12.4. The monoisotopic (exact) mass is 311 g/mol. The van der Waals surface area contributed by atoms with Gasteiger partial charge in [-0.05, 0) is 36.2 Å². The van der Waals surface area contributed by atoms with Gasteiger partial charge in [-0.25, -0.2) is 4.98 Å². The number of carbonyl (C=O) groups is 2. The molecule has 0 fully saturated rings. The van der Waals surface area contributed by atoms with Crippen molar-refractivity contribution in [2.45, 2.75) is 20.3 Å². The quantitative estimate of drug-likeness (QED) is 0.910. The Hall–Kier alpha value is -2.89. The number of fused-ring (bicyclic) bond motifs is 2. The van der Waals surface area contributed by atoms with Crippen LogP contribution in [-0.4, -0.2) is 16.8 Å². The number of nitrogens with zero attached hydrogens (tertiary/aromatic N) is 1. The number of nitrogens with one attached hydrogen (secondary N) is 2. The summed E-state index contributed by atoms with van der Waals surface area (Å²) in [5, 5.41) is 5.55. The van der Waals surface area contributed by atoms with Crippen LogP contribution in [0.3, 0.4) is 0 Å². The van der Waals surface area contributed by atoms with Gasteiger partial charge in [-0.1, -0.05) is 13.8 Å². The molecule has 118 valence electrons. The molecule has 1 aromatic carbocycles. The van der Waals surface area contributed by atoms with Gasteiger partial charge in [0.1, 0.15) is 11.4 Å². The van der Waals surface area contributed by atoms with Crippen molar-refractivity contribution >= 4 is 23.2 Å². The summed E-state index contributed by atoms with van der Waals surface area (Å²) in [6, 6.07) is 8.41. The minimum absolute atomic E-state index is 0.0835. The molecule has 23 heavy (non-hydrogen) atoms. The van der Waals surface area contributed by atoms with Gasteiger partial charge in [0.2, 0.25) is 11.8 Å². The van der Waals surface area contributed by atoms with Gasteiger partial charge in [-0.3, -0.25) is 9.59 Å². The molecule has 0 aliphatic carbocycles. The topological polar surface area (TPSA) is 80.3 Å². The van der Waals surface area contributed by atoms with E-state index in [0.717, 1.165) is 0 Å². The van der Waals surface area contributed by atoms with Crippen molar-refractivity contribution in [3.63, 3.8) is 0 Å². The molecule has 0 bridgehead atoms. The molecule has 0 saturated carbocycles. The Morgan fingerprint density at radius 3 is 2.96 bits per heavy atom. The Bertz CT molecular complexity index is 771. The number of amides is 2. The van der Waals surface area contributed by atoms with Crippen LogP contribution in [0, 0.1) is 5.92 Å². The molecule has 1 aliphatic rings. The lowest BCUT2D eigenvalue weighted by molar-refractivity contribution is -0.116. The van der Waals surface area contributed by atoms with Crippen molar-refractivity contribution in [1.82, 2.24) is 4.98 Å². The van der Waals surface area contributed by atoms with Crippen molar-refractivity contribution in [1.29, 1.82) is 0 Å². The zero-order valence-corrected chi connectivity index (χ0v) is 12.9. The molecule has 0 atom stereocenters. The summed E-state index contributed by atoms with van der Waals surface area (Å²) in [7, 11) is 0. The van der Waals surface area contributed by atoms with Gasteiger partial charge in [0.25, 0.3) is 5.91 Å². The lowest BCUT2D eigenvalue weighted by Gasteiger charge is -2.10. The Morgan fingerprint density at radius 2 is 2.17 bits per heavy atom. The highest BCUT2D eigenvalue weighted by molar-refractivity contribution is 6.08. The molecule has 0 unspecified atom stereocenters. The average Bonchev–Trinajstić information content (AvgIpc) is 2.62. The van der Waals surface area contributed by atoms with Crippen molar-refractivity contribution in [2.75, 3.05) is 10.6 Å². The number of hydrogen-bond donors (Lipinski definition) is 2. The summed E-state index contributed by atoms with van der Waals surface area (Å²) in [4.78, 5) is 28.3. The van der Waals surface area contributed by atoms with Gasteiger partial charge >= 0.3 is 0 Å². The van der Waals surface area contributed by atoms with Crippen molar-refractivity contribution < 1.29 is 14.3 Å². The third-order valence-corrected chi connectivity index (χ3v) is 3.33. The average molecular weight is 311 g/mol. The molecule has 2 heterocycles. The van der Waals surface area contributed by atoms with Crippen LogP contribution < -0.4 is 15.4 Å². The van der Waals surface area contributed by atoms with Crippen LogP contribution in [0.1, 0.15) is 30.6 Å². The Labute approximate surface area is 133 Å². The molecule has 3 rings (SSSR count). The van der Waals surface area contributed by atoms with E-state index in [-0.39, 0.29) is 17.7 Å². The Kier molecular flexibility index (Phi) is 3.97. The van der Waals surface area contributed by atoms with E-state index in [0.29, 0.717) is 35.0 Å². The molecule has 2 N–H and O–H groups in total. The highest BCUT2D eigenvalue weighted by Crippen LogP contribution is 2.34. The molecule has 1 aliphatic heterocycles. The number of carbonyl (C=O) groups excluding carboxylic acids is 2. The highest BCUT2D eigenvalue weighted by Gasteiger charge is 2.22. The van der Waals surface area contributed by atoms with Gasteiger partial charge in [0, 0.05) is 18.3 Å². The molecule has 2 amide bonds. The van der Waals surface area contributed by atoms with Gasteiger partial charge in [0.05, 0.1) is 5.56 Å². The number of benzene rings is 1. The molecule has 0 radical (unpaired) electrons. The van der Waals surface area contributed by atoms with Crippen LogP contribution >= 0.6 is 0 Å². The summed E-state index contributed by atoms with van der Waals surface area (Å²) in [6.45, 7) is 3.95. The van der Waals surface area contributed by atoms with Gasteiger partial charge in [-0.2, -0.15) is 0 Å². The van der Waals surface area contributed by atoms with E-state index < -0.39 is 0 Å². The predicted octanol–water partition coefficient (Wildman–Crippen LogP) is 3.42. The molecular formula is C17H17N3O3. The molecule has 6 heteroatoms. The largest absolute Gasteiger partial charge is 0.436 e. The standard InChI is InChI=1S/C17H17N3O3/c1-10(2)8-15(21)19-11-5-6-14-12(9-11)16(22)20-13-4-3-7-18-17(13)23-14/h3-7,9-10H,8H2,1-2H3,(H,19,21)(H,20,22). The van der Waals surface area contributed by atoms with Crippen LogP contribution in [-0.2, 0) is 4.79 Å². The predicted molar refractivity (Wildman–Crippen MR) is 86.8 cm³/mol. The van der Waals surface area contributed by atoms with Gasteiger partial charge in [-0.15, -0.1) is 0 Å². The Balaban J connectivity index is 1.88. The normalized spacial score (nSPS) is 12.6. The van der Waals surface area contributed by atoms with Crippen LogP contribution in [0.2, 0.25) is 0 Å². The summed E-state index contributed by atoms with van der Waals surface area (Å²) in [5.41, 5.74) is 1.43. The van der Waals surface area contributed by atoms with Gasteiger partial charge < -0.3 is 15.4 Å². The van der Waals surface area contributed by atoms with E-state index in [2.05, 4.69) is 15.6 Å². The number of ether oxygens (including phenoxy) is 1. The van der Waals surface area contributed by atoms with Crippen molar-refractivity contribution in [3.05, 3.63) is 42.1 Å². The van der Waals surface area contributed by atoms with Gasteiger partial charge in [0.15, 0.2) is 0 Å². The lowest BCUT2D eigenvalue weighted by Crippen LogP contribution is -2.15. The van der Waals surface area contributed by atoms with Crippen LogP contribution in [0.5, 0.6) is 11.6 Å². The van der Waals surface area contributed by atoms with Crippen LogP contribution in [0.15, 0.2) is 36.5 Å². The molecular weight excluding hydrogens is 294 g/mol. The van der Waals surface area contributed by atoms with Crippen LogP contribution in [0.25, 0.3) is 0 Å². The summed E-state index contributed by atoms with van der Waals surface area (Å²) >= 11 is 0. The molecule has 0 spiro atoms. The minimum atomic E-state index is -0.299. The van der Waals surface area contributed by atoms with Crippen molar-refractivity contribution in [2.24, 2.45) is 5.92 Å². The second kappa shape index (κ2) is 6.08. The van der Waals surface area contributed by atoms with Crippen LogP contribution in [0.4, 0.5) is 11.4 Å². The van der Waals surface area contributed by atoms with E-state index >= 15 is 0 Å². The number of aromatic nitrogens is 1. The third kappa shape index (κ3) is 3.31. The first kappa shape index (κ1) is 15.0. The fourth-order valence-corrected chi connectivity index (χ4v) is 2.32.